The zero-order valence-corrected chi connectivity index (χ0v) is 17.8. The number of nitrogens with zero attached hydrogens (tertiary/aromatic N) is 2. The summed E-state index contributed by atoms with van der Waals surface area (Å²) in [5, 5.41) is 13.8. The summed E-state index contributed by atoms with van der Waals surface area (Å²) in [5.41, 5.74) is 1.40. The Morgan fingerprint density at radius 1 is 1.19 bits per heavy atom. The van der Waals surface area contributed by atoms with Gasteiger partial charge in [0.05, 0.1) is 29.3 Å². The number of benzene rings is 1. The molecule has 0 radical (unpaired) electrons. The van der Waals surface area contributed by atoms with Gasteiger partial charge in [-0.2, -0.15) is 13.2 Å². The fourth-order valence-corrected chi connectivity index (χ4v) is 4.74. The number of carbonyl (C=O) groups excluding carboxylic acids is 2. The Hall–Kier alpha value is -2.68. The maximum Gasteiger partial charge on any atom is 0.475 e. The van der Waals surface area contributed by atoms with Gasteiger partial charge in [-0.25, -0.2) is 14.2 Å². The van der Waals surface area contributed by atoms with Crippen molar-refractivity contribution in [3.05, 3.63) is 45.9 Å². The van der Waals surface area contributed by atoms with Crippen molar-refractivity contribution in [1.29, 1.82) is 0 Å². The second-order valence-corrected chi connectivity index (χ2v) is 9.27. The fourth-order valence-electron chi connectivity index (χ4n) is 2.41. The number of primary amides is 1. The number of hydrogen-bond acceptors (Lipinski definition) is 8. The van der Waals surface area contributed by atoms with E-state index in [1.807, 2.05) is 0 Å². The summed E-state index contributed by atoms with van der Waals surface area (Å²) in [6, 6.07) is 4.71. The molecule has 3 rings (SSSR count). The molecular formula is C17H13F3N4O4S3. The Kier molecular flexibility index (Phi) is 6.83. The van der Waals surface area contributed by atoms with E-state index in [1.54, 1.807) is 5.38 Å². The second-order valence-electron chi connectivity index (χ2n) is 5.94. The maximum absolute atomic E-state index is 12.5. The molecular weight excluding hydrogens is 477 g/mol. The van der Waals surface area contributed by atoms with Crippen LogP contribution in [0.15, 0.2) is 34.5 Å². The molecule has 164 valence electrons. The molecule has 1 atom stereocenters. The molecule has 2 aromatic heterocycles. The lowest BCUT2D eigenvalue weighted by Gasteiger charge is -2.07. The first-order valence-electron chi connectivity index (χ1n) is 8.32. The standard InChI is InChI=1S/C17H13F3N4O4S3/c18-17(19,20)31(28)9-3-1-8(2-4-9)5-12(26)24-16-23-11(7-29-16)13-10(6-25)22-15(30-13)14(21)27/h1-4,7,25H,5-6H2,(H2,21,27)(H,23,24,26). The Bertz CT molecular complexity index is 1140. The van der Waals surface area contributed by atoms with Crippen molar-refractivity contribution >= 4 is 50.4 Å². The van der Waals surface area contributed by atoms with E-state index < -0.39 is 39.6 Å². The van der Waals surface area contributed by atoms with Crippen LogP contribution in [0.25, 0.3) is 10.6 Å². The monoisotopic (exact) mass is 490 g/mol. The van der Waals surface area contributed by atoms with Crippen molar-refractivity contribution in [2.24, 2.45) is 5.73 Å². The third-order valence-corrected chi connectivity index (χ3v) is 6.77. The van der Waals surface area contributed by atoms with Gasteiger partial charge in [-0.15, -0.1) is 22.7 Å². The lowest BCUT2D eigenvalue weighted by molar-refractivity contribution is -0.115. The number of alkyl halides is 3. The van der Waals surface area contributed by atoms with Crippen molar-refractivity contribution in [3.8, 4) is 10.6 Å². The number of rotatable bonds is 7. The predicted molar refractivity (Wildman–Crippen MR) is 109 cm³/mol. The van der Waals surface area contributed by atoms with Crippen LogP contribution in [0, 0.1) is 0 Å². The zero-order valence-electron chi connectivity index (χ0n) is 15.3. The van der Waals surface area contributed by atoms with Crippen molar-refractivity contribution in [2.75, 3.05) is 5.32 Å². The van der Waals surface area contributed by atoms with Crippen LogP contribution in [0.4, 0.5) is 18.3 Å². The third kappa shape index (κ3) is 5.52. The summed E-state index contributed by atoms with van der Waals surface area (Å²) < 4.78 is 48.8. The van der Waals surface area contributed by atoms with Gasteiger partial charge < -0.3 is 16.2 Å². The highest BCUT2D eigenvalue weighted by Crippen LogP contribution is 2.33. The van der Waals surface area contributed by atoms with Gasteiger partial charge in [0.1, 0.15) is 0 Å². The molecule has 14 heteroatoms. The Morgan fingerprint density at radius 2 is 1.87 bits per heavy atom. The van der Waals surface area contributed by atoms with E-state index in [0.717, 1.165) is 34.8 Å². The Morgan fingerprint density at radius 3 is 2.45 bits per heavy atom. The summed E-state index contributed by atoms with van der Waals surface area (Å²) in [6.07, 6.45) is -0.137. The second kappa shape index (κ2) is 9.21. The highest BCUT2D eigenvalue weighted by Gasteiger charge is 2.37. The van der Waals surface area contributed by atoms with Gasteiger partial charge in [-0.3, -0.25) is 9.59 Å². The largest absolute Gasteiger partial charge is 0.475 e. The van der Waals surface area contributed by atoms with Crippen molar-refractivity contribution < 1.29 is 32.1 Å². The van der Waals surface area contributed by atoms with Crippen molar-refractivity contribution in [2.45, 2.75) is 23.4 Å². The van der Waals surface area contributed by atoms with Crippen LogP contribution < -0.4 is 11.1 Å². The molecule has 1 unspecified atom stereocenters. The molecule has 1 aromatic carbocycles. The van der Waals surface area contributed by atoms with E-state index >= 15 is 0 Å². The average Bonchev–Trinajstić information content (AvgIpc) is 3.33. The summed E-state index contributed by atoms with van der Waals surface area (Å²) >= 11 is 2.07. The van der Waals surface area contributed by atoms with Crippen LogP contribution in [0.1, 0.15) is 21.1 Å². The maximum atomic E-state index is 12.5. The van der Waals surface area contributed by atoms with Crippen LogP contribution in [0.2, 0.25) is 0 Å². The smallest absolute Gasteiger partial charge is 0.390 e. The first-order chi connectivity index (χ1) is 14.6. The van der Waals surface area contributed by atoms with Crippen molar-refractivity contribution in [3.63, 3.8) is 0 Å². The molecule has 2 heterocycles. The number of aliphatic hydroxyl groups excluding tert-OH is 1. The summed E-state index contributed by atoms with van der Waals surface area (Å²) in [5.74, 6) is -1.20. The average molecular weight is 491 g/mol. The number of anilines is 1. The quantitative estimate of drug-likeness (QED) is 0.466. The molecule has 0 aliphatic carbocycles. The van der Waals surface area contributed by atoms with Crippen LogP contribution >= 0.6 is 22.7 Å². The Labute approximate surface area is 183 Å². The Balaban J connectivity index is 1.67. The third-order valence-electron chi connectivity index (χ3n) is 3.75. The fraction of sp³-hybridized carbons (Fsp3) is 0.176. The lowest BCUT2D eigenvalue weighted by Crippen LogP contribution is -2.16. The van der Waals surface area contributed by atoms with E-state index in [-0.39, 0.29) is 22.3 Å². The molecule has 3 aromatic rings. The first-order valence-corrected chi connectivity index (χ1v) is 11.2. The number of aliphatic hydroxyl groups is 1. The van der Waals surface area contributed by atoms with E-state index in [4.69, 9.17) is 5.73 Å². The molecule has 0 aliphatic rings. The predicted octanol–water partition coefficient (Wildman–Crippen LogP) is 2.67. The van der Waals surface area contributed by atoms with Gasteiger partial charge in [0.25, 0.3) is 5.91 Å². The van der Waals surface area contributed by atoms with Crippen LogP contribution in [-0.4, -0.2) is 36.6 Å². The van der Waals surface area contributed by atoms with Gasteiger partial charge in [0.2, 0.25) is 5.91 Å². The topological polar surface area (TPSA) is 135 Å². The molecule has 4 N–H and O–H groups in total. The minimum atomic E-state index is -4.85. The molecule has 0 saturated heterocycles. The normalized spacial score (nSPS) is 12.5. The lowest BCUT2D eigenvalue weighted by atomic mass is 10.1. The van der Waals surface area contributed by atoms with E-state index in [9.17, 15) is 32.1 Å². The zero-order chi connectivity index (χ0) is 22.8. The molecule has 0 spiro atoms. The molecule has 31 heavy (non-hydrogen) atoms. The van der Waals surface area contributed by atoms with Crippen LogP contribution in [-0.2, 0) is 28.6 Å². The van der Waals surface area contributed by atoms with E-state index in [1.165, 1.54) is 12.1 Å². The number of amides is 2. The molecule has 0 aliphatic heterocycles. The van der Waals surface area contributed by atoms with Gasteiger partial charge in [-0.1, -0.05) is 12.1 Å². The van der Waals surface area contributed by atoms with E-state index in [0.29, 0.717) is 16.1 Å². The minimum absolute atomic E-state index is 0.0209. The van der Waals surface area contributed by atoms with Gasteiger partial charge >= 0.3 is 5.51 Å². The highest BCUT2D eigenvalue weighted by molar-refractivity contribution is 7.86. The molecule has 2 amide bonds. The number of carbonyl (C=O) groups is 2. The molecule has 0 saturated carbocycles. The SMILES string of the molecule is NC(=O)c1nc(CO)c(-c2csc(NC(=O)Cc3ccc(S(=O)C(F)(F)F)cc3)n2)s1. The first kappa shape index (κ1) is 23.0. The number of halogens is 3. The molecule has 0 fully saturated rings. The minimum Gasteiger partial charge on any atom is -0.390 e. The van der Waals surface area contributed by atoms with Crippen molar-refractivity contribution in [1.82, 2.24) is 9.97 Å². The highest BCUT2D eigenvalue weighted by atomic mass is 32.2. The van der Waals surface area contributed by atoms with Crippen LogP contribution in [0.5, 0.6) is 0 Å². The molecule has 8 nitrogen and oxygen atoms in total. The number of thiazole rings is 2. The van der Waals surface area contributed by atoms with Crippen LogP contribution in [0.3, 0.4) is 0 Å². The van der Waals surface area contributed by atoms with Gasteiger partial charge in [-0.05, 0) is 17.7 Å². The summed E-state index contributed by atoms with van der Waals surface area (Å²) in [7, 11) is -3.13. The van der Waals surface area contributed by atoms with Gasteiger partial charge in [0, 0.05) is 10.3 Å². The number of nitrogens with one attached hydrogen (secondary N) is 1. The van der Waals surface area contributed by atoms with E-state index in [2.05, 4.69) is 15.3 Å². The number of nitrogens with two attached hydrogens (primary N) is 1. The number of aromatic nitrogens is 2. The molecule has 0 bridgehead atoms. The summed E-state index contributed by atoms with van der Waals surface area (Å²) in [6.45, 7) is -0.423. The van der Waals surface area contributed by atoms with Gasteiger partial charge in [0.15, 0.2) is 20.9 Å². The number of hydrogen-bond donors (Lipinski definition) is 3. The summed E-state index contributed by atoms with van der Waals surface area (Å²) in [4.78, 5) is 31.7.